The molecule has 0 radical (unpaired) electrons. The highest BCUT2D eigenvalue weighted by Crippen LogP contribution is 2.55. The molecule has 0 aromatic heterocycles. The highest BCUT2D eigenvalue weighted by molar-refractivity contribution is 7.81. The molecule has 0 heterocycles. The Bertz CT molecular complexity index is 309. The molecule has 0 aromatic rings. The van der Waals surface area contributed by atoms with Gasteiger partial charge in [-0.25, -0.2) is 9.36 Å². The number of carbonyl (C=O) groups is 1. The van der Waals surface area contributed by atoms with Gasteiger partial charge in [0.1, 0.15) is 12.6 Å². The Morgan fingerprint density at radius 1 is 1.47 bits per heavy atom. The van der Waals surface area contributed by atoms with Crippen LogP contribution >= 0.6 is 53.0 Å². The van der Waals surface area contributed by atoms with Crippen LogP contribution < -0.4 is 5.48 Å². The van der Waals surface area contributed by atoms with Gasteiger partial charge in [-0.05, 0) is 6.92 Å². The second-order valence-corrected chi connectivity index (χ2v) is 7.83. The van der Waals surface area contributed by atoms with Crippen molar-refractivity contribution < 1.29 is 23.2 Å². The summed E-state index contributed by atoms with van der Waals surface area (Å²) in [6.45, 7) is -3.33. The summed E-state index contributed by atoms with van der Waals surface area (Å²) in [6.07, 6.45) is 0. The number of hydroxylamine groups is 1. The van der Waals surface area contributed by atoms with Crippen LogP contribution in [-0.4, -0.2) is 29.5 Å². The van der Waals surface area contributed by atoms with E-state index in [1.807, 2.05) is 0 Å². The Labute approximate surface area is 118 Å². The molecule has 0 bridgehead atoms. The Hall–Kier alpha value is 0.740. The van der Waals surface area contributed by atoms with Crippen LogP contribution in [-0.2, 0) is 23.2 Å². The number of rotatable bonds is 6. The molecule has 102 valence electrons. The lowest BCUT2D eigenvalue weighted by atomic mass is 10.4. The number of hydrogen-bond donors (Lipinski definition) is 1. The third-order valence-corrected chi connectivity index (χ3v) is 2.89. The largest absolute Gasteiger partial charge is 0.479 e. The predicted octanol–water partition coefficient (Wildman–Crippen LogP) is 2.80. The minimum Gasteiger partial charge on any atom is -0.379 e. The number of carbonyl (C=O) groups excluding carboxylic acids is 1. The minimum absolute atomic E-state index is 0.586. The van der Waals surface area contributed by atoms with Crippen LogP contribution in [0.2, 0.25) is 0 Å². The molecule has 0 aliphatic carbocycles. The van der Waals surface area contributed by atoms with Crippen molar-refractivity contribution in [2.45, 2.75) is 16.8 Å². The van der Waals surface area contributed by atoms with E-state index >= 15 is 0 Å². The smallest absolute Gasteiger partial charge is 0.379 e. The average Bonchev–Trinajstić information content (AvgIpc) is 2.14. The van der Waals surface area contributed by atoms with E-state index in [-0.39, 0.29) is 0 Å². The average molecular weight is 349 g/mol. The first-order chi connectivity index (χ1) is 7.57. The molecular formula is C6H10Cl4NO5P. The van der Waals surface area contributed by atoms with E-state index in [1.165, 1.54) is 14.0 Å². The lowest BCUT2D eigenvalue weighted by molar-refractivity contribution is -0.140. The highest BCUT2D eigenvalue weighted by Gasteiger charge is 2.32. The van der Waals surface area contributed by atoms with E-state index in [2.05, 4.69) is 19.4 Å². The van der Waals surface area contributed by atoms with Crippen molar-refractivity contribution >= 4 is 59.0 Å². The van der Waals surface area contributed by atoms with E-state index in [0.717, 1.165) is 0 Å². The standard InChI is InChI=1S/C6H10Cl4NO5P/c1-4(11-14-2)5(12)16-17(10,13)15-3-6(7,8)9/h4,11H,3H2,1-2H3/t4-,17?/m0/s1. The lowest BCUT2D eigenvalue weighted by Crippen LogP contribution is -2.33. The van der Waals surface area contributed by atoms with Crippen LogP contribution in [0, 0.1) is 0 Å². The fraction of sp³-hybridized carbons (Fsp3) is 0.833. The zero-order valence-corrected chi connectivity index (χ0v) is 12.7. The molecule has 0 fully saturated rings. The maximum absolute atomic E-state index is 11.4. The number of alkyl halides is 3. The van der Waals surface area contributed by atoms with E-state index in [9.17, 15) is 9.36 Å². The molecule has 1 unspecified atom stereocenters. The van der Waals surface area contributed by atoms with Crippen molar-refractivity contribution in [2.24, 2.45) is 0 Å². The van der Waals surface area contributed by atoms with Gasteiger partial charge in [0.25, 0.3) is 0 Å². The van der Waals surface area contributed by atoms with Crippen molar-refractivity contribution in [2.75, 3.05) is 13.7 Å². The zero-order valence-electron chi connectivity index (χ0n) is 8.78. The van der Waals surface area contributed by atoms with Gasteiger partial charge in [-0.2, -0.15) is 5.48 Å². The normalized spacial score (nSPS) is 17.3. The van der Waals surface area contributed by atoms with Crippen LogP contribution in [0.1, 0.15) is 6.92 Å². The van der Waals surface area contributed by atoms with Crippen molar-refractivity contribution in [1.82, 2.24) is 5.48 Å². The van der Waals surface area contributed by atoms with Gasteiger partial charge < -0.3 is 9.36 Å². The second kappa shape index (κ2) is 7.36. The monoisotopic (exact) mass is 347 g/mol. The summed E-state index contributed by atoms with van der Waals surface area (Å²) < 4.78 is 18.5. The SMILES string of the molecule is CON[C@@H](C)C(=O)OP(=O)(Cl)OCC(Cl)(Cl)Cl. The topological polar surface area (TPSA) is 73.9 Å². The second-order valence-electron chi connectivity index (χ2n) is 2.77. The molecule has 1 N–H and O–H groups in total. The molecule has 0 aliphatic rings. The summed E-state index contributed by atoms with van der Waals surface area (Å²) in [5.41, 5.74) is 2.25. The van der Waals surface area contributed by atoms with Crippen molar-refractivity contribution in [3.63, 3.8) is 0 Å². The molecule has 0 rings (SSSR count). The van der Waals surface area contributed by atoms with Gasteiger partial charge in [-0.3, -0.25) is 4.52 Å². The molecule has 2 atom stereocenters. The fourth-order valence-corrected chi connectivity index (χ4v) is 2.10. The molecule has 6 nitrogen and oxygen atoms in total. The van der Waals surface area contributed by atoms with Crippen LogP contribution in [0.3, 0.4) is 0 Å². The molecule has 11 heteroatoms. The van der Waals surface area contributed by atoms with Crippen LogP contribution in [0.15, 0.2) is 0 Å². The summed E-state index contributed by atoms with van der Waals surface area (Å²) in [6, 6.07) is -0.886. The van der Waals surface area contributed by atoms with Crippen molar-refractivity contribution in [1.29, 1.82) is 0 Å². The summed E-state index contributed by atoms with van der Waals surface area (Å²) in [5, 5.41) is 0. The quantitative estimate of drug-likeness (QED) is 0.452. The molecule has 17 heavy (non-hydrogen) atoms. The first-order valence-corrected chi connectivity index (χ1v) is 7.68. The summed E-state index contributed by atoms with van der Waals surface area (Å²) in [7, 11) is 1.30. The molecule has 0 saturated heterocycles. The summed E-state index contributed by atoms with van der Waals surface area (Å²) in [5.74, 6) is -0.936. The van der Waals surface area contributed by atoms with Crippen LogP contribution in [0.5, 0.6) is 0 Å². The minimum atomic E-state index is -4.15. The van der Waals surface area contributed by atoms with Crippen LogP contribution in [0.25, 0.3) is 0 Å². The van der Waals surface area contributed by atoms with Gasteiger partial charge in [0, 0.05) is 11.2 Å². The van der Waals surface area contributed by atoms with Gasteiger partial charge in [0.15, 0.2) is 0 Å². The highest BCUT2D eigenvalue weighted by atomic mass is 35.7. The Balaban J connectivity index is 4.25. The number of halogens is 4. The van der Waals surface area contributed by atoms with Gasteiger partial charge in [-0.1, -0.05) is 34.8 Å². The van der Waals surface area contributed by atoms with Gasteiger partial charge in [-0.15, -0.1) is 0 Å². The maximum Gasteiger partial charge on any atom is 0.479 e. The van der Waals surface area contributed by atoms with E-state index in [0.29, 0.717) is 0 Å². The van der Waals surface area contributed by atoms with Crippen molar-refractivity contribution in [3.8, 4) is 0 Å². The molecule has 0 aliphatic heterocycles. The molecular weight excluding hydrogens is 339 g/mol. The maximum atomic E-state index is 11.4. The summed E-state index contributed by atoms with van der Waals surface area (Å²) >= 11 is 21.4. The zero-order chi connectivity index (χ0) is 13.7. The fourth-order valence-electron chi connectivity index (χ4n) is 0.588. The number of nitrogens with one attached hydrogen (secondary N) is 1. The Morgan fingerprint density at radius 3 is 2.41 bits per heavy atom. The molecule has 0 aromatic carbocycles. The molecule has 0 amide bonds. The Kier molecular flexibility index (Phi) is 7.68. The van der Waals surface area contributed by atoms with Gasteiger partial charge in [0.2, 0.25) is 3.79 Å². The van der Waals surface area contributed by atoms with Crippen LogP contribution in [0.4, 0.5) is 0 Å². The van der Waals surface area contributed by atoms with E-state index in [4.69, 9.17) is 46.0 Å². The third-order valence-electron chi connectivity index (χ3n) is 1.23. The lowest BCUT2D eigenvalue weighted by Gasteiger charge is -2.17. The van der Waals surface area contributed by atoms with Crippen molar-refractivity contribution in [3.05, 3.63) is 0 Å². The molecule has 0 saturated carbocycles. The first-order valence-electron chi connectivity index (χ1n) is 4.10. The van der Waals surface area contributed by atoms with E-state index < -0.39 is 29.4 Å². The van der Waals surface area contributed by atoms with Gasteiger partial charge >= 0.3 is 12.9 Å². The predicted molar refractivity (Wildman–Crippen MR) is 65.4 cm³/mol. The first kappa shape index (κ1) is 17.7. The van der Waals surface area contributed by atoms with Gasteiger partial charge in [0.05, 0.1) is 7.11 Å². The number of hydrogen-bond acceptors (Lipinski definition) is 6. The molecule has 0 spiro atoms. The Morgan fingerprint density at radius 2 is 2.00 bits per heavy atom. The summed E-state index contributed by atoms with van der Waals surface area (Å²) in [4.78, 5) is 15.7. The third kappa shape index (κ3) is 9.33. The van der Waals surface area contributed by atoms with E-state index in [1.54, 1.807) is 0 Å².